The van der Waals surface area contributed by atoms with Crippen LogP contribution in [-0.4, -0.2) is 21.3 Å². The van der Waals surface area contributed by atoms with Crippen molar-refractivity contribution in [3.8, 4) is 5.75 Å². The lowest BCUT2D eigenvalue weighted by Crippen LogP contribution is -2.17. The Hall–Kier alpha value is -1.78. The SMILES string of the molecule is CNC(c1cccc(OC)c1)c1ccc(COC)o1. The molecule has 1 aromatic carbocycles. The molecular weight excluding hydrogens is 242 g/mol. The van der Waals surface area contributed by atoms with Crippen LogP contribution in [0.5, 0.6) is 5.75 Å². The lowest BCUT2D eigenvalue weighted by atomic mass is 10.0. The van der Waals surface area contributed by atoms with E-state index in [1.165, 1.54) is 0 Å². The van der Waals surface area contributed by atoms with E-state index in [2.05, 4.69) is 5.32 Å². The summed E-state index contributed by atoms with van der Waals surface area (Å²) in [5.74, 6) is 2.52. The zero-order valence-electron chi connectivity index (χ0n) is 11.5. The van der Waals surface area contributed by atoms with Gasteiger partial charge >= 0.3 is 0 Å². The van der Waals surface area contributed by atoms with Crippen LogP contribution < -0.4 is 10.1 Å². The minimum absolute atomic E-state index is 0.000654. The van der Waals surface area contributed by atoms with E-state index in [0.29, 0.717) is 6.61 Å². The molecule has 0 spiro atoms. The summed E-state index contributed by atoms with van der Waals surface area (Å²) in [6.45, 7) is 0.481. The molecule has 1 unspecified atom stereocenters. The summed E-state index contributed by atoms with van der Waals surface area (Å²) in [7, 11) is 5.22. The molecule has 1 aromatic heterocycles. The monoisotopic (exact) mass is 261 g/mol. The Labute approximate surface area is 113 Å². The van der Waals surface area contributed by atoms with E-state index in [-0.39, 0.29) is 6.04 Å². The predicted octanol–water partition coefficient (Wildman–Crippen LogP) is 2.74. The minimum atomic E-state index is 0.000654. The van der Waals surface area contributed by atoms with Crippen LogP contribution in [0.2, 0.25) is 0 Å². The number of hydrogen-bond donors (Lipinski definition) is 1. The summed E-state index contributed by atoms with van der Waals surface area (Å²) >= 11 is 0. The van der Waals surface area contributed by atoms with Crippen LogP contribution >= 0.6 is 0 Å². The summed E-state index contributed by atoms with van der Waals surface area (Å²) in [6, 6.07) is 11.8. The van der Waals surface area contributed by atoms with Gasteiger partial charge < -0.3 is 19.2 Å². The van der Waals surface area contributed by atoms with Crippen LogP contribution in [0.15, 0.2) is 40.8 Å². The topological polar surface area (TPSA) is 43.6 Å². The number of methoxy groups -OCH3 is 2. The standard InChI is InChI=1S/C15H19NO3/c1-16-15(11-5-4-6-12(9-11)18-3)14-8-7-13(19-14)10-17-2/h4-9,15-16H,10H2,1-3H3. The van der Waals surface area contributed by atoms with Crippen molar-refractivity contribution in [2.75, 3.05) is 21.3 Å². The molecule has 0 saturated carbocycles. The van der Waals surface area contributed by atoms with Gasteiger partial charge in [0.2, 0.25) is 0 Å². The molecule has 1 N–H and O–H groups in total. The number of nitrogens with one attached hydrogen (secondary N) is 1. The Balaban J connectivity index is 2.26. The maximum absolute atomic E-state index is 5.78. The number of furan rings is 1. The van der Waals surface area contributed by atoms with Gasteiger partial charge in [0.25, 0.3) is 0 Å². The minimum Gasteiger partial charge on any atom is -0.497 e. The lowest BCUT2D eigenvalue weighted by molar-refractivity contribution is 0.162. The molecule has 0 amide bonds. The van der Waals surface area contributed by atoms with E-state index in [0.717, 1.165) is 22.8 Å². The fourth-order valence-electron chi connectivity index (χ4n) is 2.06. The van der Waals surface area contributed by atoms with Crippen LogP contribution in [0.3, 0.4) is 0 Å². The Kier molecular flexibility index (Phi) is 4.60. The Morgan fingerprint density at radius 2 is 2.05 bits per heavy atom. The van der Waals surface area contributed by atoms with Gasteiger partial charge in [-0.1, -0.05) is 12.1 Å². The molecule has 0 aliphatic heterocycles. The molecule has 0 radical (unpaired) electrons. The Morgan fingerprint density at radius 1 is 1.21 bits per heavy atom. The van der Waals surface area contributed by atoms with Gasteiger partial charge in [-0.3, -0.25) is 0 Å². The summed E-state index contributed by atoms with van der Waals surface area (Å²) in [4.78, 5) is 0. The quantitative estimate of drug-likeness (QED) is 0.868. The molecule has 4 nitrogen and oxygen atoms in total. The first-order valence-corrected chi connectivity index (χ1v) is 6.17. The second kappa shape index (κ2) is 6.41. The van der Waals surface area contributed by atoms with Crippen LogP contribution in [0, 0.1) is 0 Å². The molecule has 0 aliphatic rings. The highest BCUT2D eigenvalue weighted by atomic mass is 16.5. The summed E-state index contributed by atoms with van der Waals surface area (Å²) in [6.07, 6.45) is 0. The van der Waals surface area contributed by atoms with Crippen molar-refractivity contribution >= 4 is 0 Å². The third-order valence-electron chi connectivity index (χ3n) is 2.97. The number of benzene rings is 1. The van der Waals surface area contributed by atoms with Gasteiger partial charge in [-0.2, -0.15) is 0 Å². The molecule has 0 saturated heterocycles. The molecule has 1 heterocycles. The first kappa shape index (κ1) is 13.6. The van der Waals surface area contributed by atoms with Gasteiger partial charge in [-0.15, -0.1) is 0 Å². The molecular formula is C15H19NO3. The average molecular weight is 261 g/mol. The normalized spacial score (nSPS) is 12.4. The van der Waals surface area contributed by atoms with Crippen molar-refractivity contribution in [1.29, 1.82) is 0 Å². The van der Waals surface area contributed by atoms with Crippen LogP contribution in [0.1, 0.15) is 23.1 Å². The van der Waals surface area contributed by atoms with Gasteiger partial charge in [-0.25, -0.2) is 0 Å². The number of rotatable bonds is 6. The molecule has 0 aliphatic carbocycles. The van der Waals surface area contributed by atoms with Gasteiger partial charge in [0, 0.05) is 7.11 Å². The summed E-state index contributed by atoms with van der Waals surface area (Å²) in [5, 5.41) is 3.25. The van der Waals surface area contributed by atoms with Crippen LogP contribution in [-0.2, 0) is 11.3 Å². The summed E-state index contributed by atoms with van der Waals surface area (Å²) < 4.78 is 16.1. The third-order valence-corrected chi connectivity index (χ3v) is 2.97. The fourth-order valence-corrected chi connectivity index (χ4v) is 2.06. The molecule has 1 atom stereocenters. The highest BCUT2D eigenvalue weighted by molar-refractivity contribution is 5.34. The van der Waals surface area contributed by atoms with Gasteiger partial charge in [0.05, 0.1) is 13.2 Å². The van der Waals surface area contributed by atoms with Crippen LogP contribution in [0.25, 0.3) is 0 Å². The molecule has 2 rings (SSSR count). The van der Waals surface area contributed by atoms with E-state index < -0.39 is 0 Å². The van der Waals surface area contributed by atoms with Crippen molar-refractivity contribution < 1.29 is 13.9 Å². The largest absolute Gasteiger partial charge is 0.497 e. The third kappa shape index (κ3) is 3.16. The van der Waals surface area contributed by atoms with Crippen molar-refractivity contribution in [2.45, 2.75) is 12.6 Å². The van der Waals surface area contributed by atoms with Crippen molar-refractivity contribution in [1.82, 2.24) is 5.32 Å². The number of ether oxygens (including phenoxy) is 2. The van der Waals surface area contributed by atoms with E-state index in [1.807, 2.05) is 43.4 Å². The van der Waals surface area contributed by atoms with Crippen LogP contribution in [0.4, 0.5) is 0 Å². The molecule has 0 bridgehead atoms. The van der Waals surface area contributed by atoms with Gasteiger partial charge in [0.1, 0.15) is 23.9 Å². The van der Waals surface area contributed by atoms with Crippen molar-refractivity contribution in [3.05, 3.63) is 53.5 Å². The molecule has 102 valence electrons. The number of hydrogen-bond acceptors (Lipinski definition) is 4. The van der Waals surface area contributed by atoms with Crippen molar-refractivity contribution in [2.24, 2.45) is 0 Å². The summed E-state index contributed by atoms with van der Waals surface area (Å²) in [5.41, 5.74) is 1.10. The smallest absolute Gasteiger partial charge is 0.129 e. The fraction of sp³-hybridized carbons (Fsp3) is 0.333. The predicted molar refractivity (Wildman–Crippen MR) is 73.3 cm³/mol. The molecule has 19 heavy (non-hydrogen) atoms. The Bertz CT molecular complexity index is 522. The van der Waals surface area contributed by atoms with Gasteiger partial charge in [-0.05, 0) is 36.9 Å². The van der Waals surface area contributed by atoms with Crippen molar-refractivity contribution in [3.63, 3.8) is 0 Å². The zero-order chi connectivity index (χ0) is 13.7. The van der Waals surface area contributed by atoms with E-state index in [4.69, 9.17) is 13.9 Å². The maximum Gasteiger partial charge on any atom is 0.129 e. The lowest BCUT2D eigenvalue weighted by Gasteiger charge is -2.15. The highest BCUT2D eigenvalue weighted by Crippen LogP contribution is 2.26. The molecule has 4 heteroatoms. The van der Waals surface area contributed by atoms with Gasteiger partial charge in [0.15, 0.2) is 0 Å². The first-order valence-electron chi connectivity index (χ1n) is 6.17. The molecule has 0 fully saturated rings. The van der Waals surface area contributed by atoms with E-state index >= 15 is 0 Å². The highest BCUT2D eigenvalue weighted by Gasteiger charge is 2.16. The van der Waals surface area contributed by atoms with E-state index in [1.54, 1.807) is 14.2 Å². The second-order valence-electron chi connectivity index (χ2n) is 4.24. The maximum atomic E-state index is 5.78. The molecule has 2 aromatic rings. The van der Waals surface area contributed by atoms with E-state index in [9.17, 15) is 0 Å². The average Bonchev–Trinajstić information content (AvgIpc) is 2.89. The zero-order valence-corrected chi connectivity index (χ0v) is 11.5. The second-order valence-corrected chi connectivity index (χ2v) is 4.24. The Morgan fingerprint density at radius 3 is 2.74 bits per heavy atom. The first-order chi connectivity index (χ1) is 9.28.